The SMILES string of the molecule is Cn1c(N)nnc1SCC(=O)Nc1ccc(F)c(F)c1. The summed E-state index contributed by atoms with van der Waals surface area (Å²) in [5.41, 5.74) is 5.69. The fourth-order valence-corrected chi connectivity index (χ4v) is 2.07. The van der Waals surface area contributed by atoms with Gasteiger partial charge < -0.3 is 11.1 Å². The number of amides is 1. The minimum absolute atomic E-state index is 0.0466. The summed E-state index contributed by atoms with van der Waals surface area (Å²) in [7, 11) is 1.67. The van der Waals surface area contributed by atoms with Gasteiger partial charge >= 0.3 is 0 Å². The van der Waals surface area contributed by atoms with E-state index < -0.39 is 11.6 Å². The number of rotatable bonds is 4. The van der Waals surface area contributed by atoms with Crippen molar-refractivity contribution in [1.29, 1.82) is 0 Å². The van der Waals surface area contributed by atoms with E-state index >= 15 is 0 Å². The lowest BCUT2D eigenvalue weighted by molar-refractivity contribution is -0.113. The van der Waals surface area contributed by atoms with Crippen molar-refractivity contribution in [2.24, 2.45) is 7.05 Å². The number of nitrogens with one attached hydrogen (secondary N) is 1. The molecule has 1 aromatic heterocycles. The third-order valence-electron chi connectivity index (χ3n) is 2.40. The van der Waals surface area contributed by atoms with Crippen LogP contribution < -0.4 is 11.1 Å². The molecule has 2 rings (SSSR count). The maximum atomic E-state index is 13.0. The van der Waals surface area contributed by atoms with Gasteiger partial charge in [-0.05, 0) is 12.1 Å². The Balaban J connectivity index is 1.92. The minimum Gasteiger partial charge on any atom is -0.368 e. The molecular weight excluding hydrogens is 288 g/mol. The highest BCUT2D eigenvalue weighted by Crippen LogP contribution is 2.17. The lowest BCUT2D eigenvalue weighted by Crippen LogP contribution is -2.14. The Labute approximate surface area is 117 Å². The van der Waals surface area contributed by atoms with Crippen molar-refractivity contribution in [2.45, 2.75) is 5.16 Å². The van der Waals surface area contributed by atoms with E-state index in [0.717, 1.165) is 23.9 Å². The number of benzene rings is 1. The number of aromatic nitrogens is 3. The molecule has 0 aliphatic rings. The summed E-state index contributed by atoms with van der Waals surface area (Å²) in [4.78, 5) is 11.7. The number of hydrogen-bond donors (Lipinski definition) is 2. The predicted molar refractivity (Wildman–Crippen MR) is 71.1 cm³/mol. The molecule has 0 unspecified atom stereocenters. The number of nitrogens with zero attached hydrogens (tertiary/aromatic N) is 3. The van der Waals surface area contributed by atoms with E-state index in [1.54, 1.807) is 7.05 Å². The first-order valence-corrected chi connectivity index (χ1v) is 6.48. The van der Waals surface area contributed by atoms with E-state index in [2.05, 4.69) is 15.5 Å². The minimum atomic E-state index is -1.02. The average molecular weight is 299 g/mol. The zero-order valence-corrected chi connectivity index (χ0v) is 11.2. The van der Waals surface area contributed by atoms with Crippen LogP contribution in [-0.2, 0) is 11.8 Å². The Morgan fingerprint density at radius 1 is 1.40 bits per heavy atom. The third-order valence-corrected chi connectivity index (χ3v) is 3.42. The van der Waals surface area contributed by atoms with Crippen LogP contribution in [0.3, 0.4) is 0 Å². The second-order valence-electron chi connectivity index (χ2n) is 3.87. The van der Waals surface area contributed by atoms with Gasteiger partial charge in [-0.25, -0.2) is 8.78 Å². The van der Waals surface area contributed by atoms with Crippen molar-refractivity contribution in [2.75, 3.05) is 16.8 Å². The molecule has 20 heavy (non-hydrogen) atoms. The zero-order chi connectivity index (χ0) is 14.7. The maximum absolute atomic E-state index is 13.0. The zero-order valence-electron chi connectivity index (χ0n) is 10.4. The van der Waals surface area contributed by atoms with Gasteiger partial charge in [0.15, 0.2) is 16.8 Å². The molecule has 0 spiro atoms. The Hall–Kier alpha value is -2.16. The van der Waals surface area contributed by atoms with E-state index in [-0.39, 0.29) is 23.3 Å². The monoisotopic (exact) mass is 299 g/mol. The first-order valence-electron chi connectivity index (χ1n) is 5.50. The van der Waals surface area contributed by atoms with Gasteiger partial charge in [-0.1, -0.05) is 11.8 Å². The molecule has 3 N–H and O–H groups in total. The number of nitrogens with two attached hydrogens (primary N) is 1. The van der Waals surface area contributed by atoms with Crippen LogP contribution in [0.2, 0.25) is 0 Å². The van der Waals surface area contributed by atoms with E-state index in [1.165, 1.54) is 10.6 Å². The van der Waals surface area contributed by atoms with Crippen molar-refractivity contribution >= 4 is 29.3 Å². The average Bonchev–Trinajstić information content (AvgIpc) is 2.72. The van der Waals surface area contributed by atoms with Gasteiger partial charge in [0, 0.05) is 18.8 Å². The number of carbonyl (C=O) groups excluding carboxylic acids is 1. The van der Waals surface area contributed by atoms with Gasteiger partial charge in [0.05, 0.1) is 5.75 Å². The van der Waals surface area contributed by atoms with Gasteiger partial charge in [0.25, 0.3) is 0 Å². The number of hydrogen-bond acceptors (Lipinski definition) is 5. The Morgan fingerprint density at radius 3 is 2.75 bits per heavy atom. The highest BCUT2D eigenvalue weighted by atomic mass is 32.2. The van der Waals surface area contributed by atoms with Crippen LogP contribution in [0.25, 0.3) is 0 Å². The van der Waals surface area contributed by atoms with Gasteiger partial charge in [0.2, 0.25) is 11.9 Å². The van der Waals surface area contributed by atoms with E-state index in [4.69, 9.17) is 5.73 Å². The van der Waals surface area contributed by atoms with Gasteiger partial charge in [-0.3, -0.25) is 9.36 Å². The number of nitrogen functional groups attached to an aromatic ring is 1. The molecule has 106 valence electrons. The molecule has 0 aliphatic heterocycles. The quantitative estimate of drug-likeness (QED) is 0.834. The summed E-state index contributed by atoms with van der Waals surface area (Å²) in [5.74, 6) is -2.06. The number of carbonyl (C=O) groups is 1. The molecular formula is C11H11F2N5OS. The Morgan fingerprint density at radius 2 is 2.15 bits per heavy atom. The Kier molecular flexibility index (Phi) is 4.18. The lowest BCUT2D eigenvalue weighted by atomic mass is 10.3. The largest absolute Gasteiger partial charge is 0.368 e. The normalized spacial score (nSPS) is 10.6. The summed E-state index contributed by atoms with van der Waals surface area (Å²) in [6.07, 6.45) is 0. The van der Waals surface area contributed by atoms with E-state index in [0.29, 0.717) is 5.16 Å². The Bertz CT molecular complexity index is 646. The summed E-state index contributed by atoms with van der Waals surface area (Å²) >= 11 is 1.13. The summed E-state index contributed by atoms with van der Waals surface area (Å²) in [5, 5.41) is 10.4. The van der Waals surface area contributed by atoms with Crippen molar-refractivity contribution < 1.29 is 13.6 Å². The van der Waals surface area contributed by atoms with E-state index in [1.807, 2.05) is 0 Å². The first kappa shape index (κ1) is 14.3. The van der Waals surface area contributed by atoms with Crippen LogP contribution in [0.15, 0.2) is 23.4 Å². The van der Waals surface area contributed by atoms with Crippen LogP contribution in [0.5, 0.6) is 0 Å². The van der Waals surface area contributed by atoms with Crippen LogP contribution in [-0.4, -0.2) is 26.4 Å². The highest BCUT2D eigenvalue weighted by molar-refractivity contribution is 7.99. The fraction of sp³-hybridized carbons (Fsp3) is 0.182. The molecule has 1 aromatic carbocycles. The molecule has 9 heteroatoms. The van der Waals surface area contributed by atoms with Crippen molar-refractivity contribution in [3.8, 4) is 0 Å². The molecule has 0 atom stereocenters. The molecule has 2 aromatic rings. The fourth-order valence-electron chi connectivity index (χ4n) is 1.35. The topological polar surface area (TPSA) is 85.8 Å². The van der Waals surface area contributed by atoms with Gasteiger partial charge in [-0.2, -0.15) is 0 Å². The molecule has 1 amide bonds. The smallest absolute Gasteiger partial charge is 0.234 e. The van der Waals surface area contributed by atoms with Gasteiger partial charge in [0.1, 0.15) is 0 Å². The standard InChI is InChI=1S/C11H11F2N5OS/c1-18-10(14)16-17-11(18)20-5-9(19)15-6-2-3-7(12)8(13)4-6/h2-4H,5H2,1H3,(H2,14,16)(H,15,19). The summed E-state index contributed by atoms with van der Waals surface area (Å²) < 4.78 is 27.2. The second kappa shape index (κ2) is 5.87. The molecule has 0 saturated heterocycles. The molecule has 6 nitrogen and oxygen atoms in total. The molecule has 0 saturated carbocycles. The van der Waals surface area contributed by atoms with Gasteiger partial charge in [-0.15, -0.1) is 10.2 Å². The first-order chi connectivity index (χ1) is 9.47. The maximum Gasteiger partial charge on any atom is 0.234 e. The second-order valence-corrected chi connectivity index (χ2v) is 4.81. The number of thioether (sulfide) groups is 1. The van der Waals surface area contributed by atoms with Crippen molar-refractivity contribution in [3.63, 3.8) is 0 Å². The van der Waals surface area contributed by atoms with Crippen LogP contribution in [0, 0.1) is 11.6 Å². The van der Waals surface area contributed by atoms with Crippen LogP contribution in [0.4, 0.5) is 20.4 Å². The van der Waals surface area contributed by atoms with Crippen LogP contribution in [0.1, 0.15) is 0 Å². The molecule has 0 aliphatic carbocycles. The predicted octanol–water partition coefficient (Wildman–Crippen LogP) is 1.41. The number of halogens is 2. The van der Waals surface area contributed by atoms with Crippen molar-refractivity contribution in [1.82, 2.24) is 14.8 Å². The third kappa shape index (κ3) is 3.23. The molecule has 0 radical (unpaired) electrons. The summed E-state index contributed by atoms with van der Waals surface area (Å²) in [6, 6.07) is 3.14. The van der Waals surface area contributed by atoms with E-state index in [9.17, 15) is 13.6 Å². The number of anilines is 2. The highest BCUT2D eigenvalue weighted by Gasteiger charge is 2.10. The van der Waals surface area contributed by atoms with Crippen LogP contribution >= 0.6 is 11.8 Å². The summed E-state index contributed by atoms with van der Waals surface area (Å²) in [6.45, 7) is 0. The molecule has 0 bridgehead atoms. The lowest BCUT2D eigenvalue weighted by Gasteiger charge is -2.05. The molecule has 0 fully saturated rings. The molecule has 1 heterocycles. The van der Waals surface area contributed by atoms with Crippen molar-refractivity contribution in [3.05, 3.63) is 29.8 Å².